The minimum Gasteiger partial charge on any atom is -0.328 e. The molecule has 3 N–H and O–H groups in total. The highest BCUT2D eigenvalue weighted by molar-refractivity contribution is 7.89. The molecule has 0 aromatic heterocycles. The van der Waals surface area contributed by atoms with Crippen LogP contribution in [0.25, 0.3) is 0 Å². The maximum absolute atomic E-state index is 12.9. The van der Waals surface area contributed by atoms with Gasteiger partial charge in [-0.3, -0.25) is 0 Å². The van der Waals surface area contributed by atoms with Crippen molar-refractivity contribution in [2.24, 2.45) is 17.6 Å². The molecule has 2 aliphatic rings. The van der Waals surface area contributed by atoms with E-state index in [-0.39, 0.29) is 28.8 Å². The number of alkyl halides is 3. The van der Waals surface area contributed by atoms with Gasteiger partial charge in [0.1, 0.15) is 0 Å². The normalized spacial score (nSPS) is 29.2. The predicted octanol–water partition coefficient (Wildman–Crippen LogP) is 2.76. The minimum atomic E-state index is -4.71. The number of hydrogen-bond donors (Lipinski definition) is 2. The van der Waals surface area contributed by atoms with E-state index in [1.807, 2.05) is 0 Å². The van der Waals surface area contributed by atoms with Crippen molar-refractivity contribution in [2.75, 3.05) is 0 Å². The number of sulfonamides is 1. The van der Waals surface area contributed by atoms with Crippen molar-refractivity contribution >= 4 is 10.0 Å². The topological polar surface area (TPSA) is 96.0 Å². The summed E-state index contributed by atoms with van der Waals surface area (Å²) in [5.41, 5.74) is 4.20. The Labute approximate surface area is 150 Å². The van der Waals surface area contributed by atoms with Crippen LogP contribution in [0.3, 0.4) is 0 Å². The molecule has 2 saturated carbocycles. The fourth-order valence-electron chi connectivity index (χ4n) is 4.26. The summed E-state index contributed by atoms with van der Waals surface area (Å²) >= 11 is 0. The molecule has 0 spiro atoms. The van der Waals surface area contributed by atoms with E-state index >= 15 is 0 Å². The highest BCUT2D eigenvalue weighted by Gasteiger charge is 2.41. The Bertz CT molecular complexity index is 819. The van der Waals surface area contributed by atoms with Crippen LogP contribution in [-0.2, 0) is 16.2 Å². The third-order valence-corrected chi connectivity index (χ3v) is 6.85. The van der Waals surface area contributed by atoms with Crippen molar-refractivity contribution in [1.29, 1.82) is 5.26 Å². The highest BCUT2D eigenvalue weighted by atomic mass is 32.2. The second-order valence-corrected chi connectivity index (χ2v) is 8.86. The summed E-state index contributed by atoms with van der Waals surface area (Å²) in [7, 11) is -4.02. The molecule has 0 aliphatic heterocycles. The second-order valence-electron chi connectivity index (χ2n) is 7.15. The van der Waals surface area contributed by atoms with E-state index in [2.05, 4.69) is 4.72 Å². The van der Waals surface area contributed by atoms with Gasteiger partial charge in [-0.25, -0.2) is 13.1 Å². The Kier molecular flexibility index (Phi) is 5.03. The molecule has 2 unspecified atom stereocenters. The van der Waals surface area contributed by atoms with Crippen LogP contribution in [0.4, 0.5) is 13.2 Å². The molecule has 142 valence electrons. The standard InChI is InChI=1S/C17H20F3N3O2S/c18-17(19,20)15-5-4-14(8-12(15)9-21)26(24,25)23-16-10-2-1-3-11(16)7-13(22)6-10/h4-5,8,10-11,13,16,23H,1-3,6-7,22H2. The van der Waals surface area contributed by atoms with Gasteiger partial charge in [-0.2, -0.15) is 18.4 Å². The van der Waals surface area contributed by atoms with Gasteiger partial charge >= 0.3 is 6.18 Å². The van der Waals surface area contributed by atoms with Crippen molar-refractivity contribution in [2.45, 2.75) is 55.3 Å². The number of benzene rings is 1. The monoisotopic (exact) mass is 387 g/mol. The molecular formula is C17H20F3N3O2S. The van der Waals surface area contributed by atoms with Crippen LogP contribution in [0.15, 0.2) is 23.1 Å². The van der Waals surface area contributed by atoms with Crippen LogP contribution >= 0.6 is 0 Å². The van der Waals surface area contributed by atoms with E-state index in [1.54, 1.807) is 0 Å². The third kappa shape index (κ3) is 3.72. The number of hydrogen-bond acceptors (Lipinski definition) is 4. The molecule has 1 aromatic carbocycles. The maximum Gasteiger partial charge on any atom is 0.417 e. The van der Waals surface area contributed by atoms with Crippen LogP contribution in [0.2, 0.25) is 0 Å². The van der Waals surface area contributed by atoms with Crippen LogP contribution in [0, 0.1) is 23.2 Å². The first-order valence-corrected chi connectivity index (χ1v) is 9.99. The molecule has 0 heterocycles. The second kappa shape index (κ2) is 6.83. The largest absolute Gasteiger partial charge is 0.417 e. The zero-order chi connectivity index (χ0) is 19.1. The van der Waals surface area contributed by atoms with Gasteiger partial charge in [0.2, 0.25) is 10.0 Å². The first-order chi connectivity index (χ1) is 12.1. The number of rotatable bonds is 3. The van der Waals surface area contributed by atoms with Crippen molar-refractivity contribution in [3.63, 3.8) is 0 Å². The summed E-state index contributed by atoms with van der Waals surface area (Å²) in [5, 5.41) is 8.97. The van der Waals surface area contributed by atoms with Crippen LogP contribution < -0.4 is 10.5 Å². The van der Waals surface area contributed by atoms with Crippen LogP contribution in [-0.4, -0.2) is 20.5 Å². The fraction of sp³-hybridized carbons (Fsp3) is 0.588. The SMILES string of the molecule is N#Cc1cc(S(=O)(=O)NC2C3CCCC2CC(N)C3)ccc1C(F)(F)F. The first-order valence-electron chi connectivity index (χ1n) is 8.51. The van der Waals surface area contributed by atoms with Gasteiger partial charge in [-0.15, -0.1) is 0 Å². The van der Waals surface area contributed by atoms with Gasteiger partial charge in [0, 0.05) is 12.1 Å². The quantitative estimate of drug-likeness (QED) is 0.834. The van der Waals surface area contributed by atoms with Crippen molar-refractivity contribution in [1.82, 2.24) is 4.72 Å². The molecule has 3 rings (SSSR count). The predicted molar refractivity (Wildman–Crippen MR) is 88.3 cm³/mol. The number of nitrogens with one attached hydrogen (secondary N) is 1. The summed E-state index contributed by atoms with van der Waals surface area (Å²) in [6.07, 6.45) is -0.446. The average Bonchev–Trinajstić information content (AvgIpc) is 2.54. The Morgan fingerprint density at radius 3 is 2.35 bits per heavy atom. The number of nitrogens with zero attached hydrogens (tertiary/aromatic N) is 1. The van der Waals surface area contributed by atoms with Gasteiger partial charge in [-0.1, -0.05) is 6.42 Å². The van der Waals surface area contributed by atoms with Crippen molar-refractivity contribution < 1.29 is 21.6 Å². The lowest BCUT2D eigenvalue weighted by molar-refractivity contribution is -0.137. The molecule has 0 radical (unpaired) electrons. The molecular weight excluding hydrogens is 367 g/mol. The maximum atomic E-state index is 12.9. The van der Waals surface area contributed by atoms with E-state index in [4.69, 9.17) is 11.0 Å². The summed E-state index contributed by atoms with van der Waals surface area (Å²) in [6, 6.07) is 3.56. The molecule has 1 aromatic rings. The zero-order valence-electron chi connectivity index (χ0n) is 14.0. The Morgan fingerprint density at radius 1 is 1.19 bits per heavy atom. The molecule has 5 nitrogen and oxygen atoms in total. The van der Waals surface area contributed by atoms with E-state index < -0.39 is 27.3 Å². The molecule has 2 bridgehead atoms. The highest BCUT2D eigenvalue weighted by Crippen LogP contribution is 2.40. The Morgan fingerprint density at radius 2 is 1.81 bits per heavy atom. The Balaban J connectivity index is 1.88. The molecule has 2 atom stereocenters. The Hall–Kier alpha value is -1.63. The smallest absolute Gasteiger partial charge is 0.328 e. The summed E-state index contributed by atoms with van der Waals surface area (Å²) in [5.74, 6) is 0.273. The summed E-state index contributed by atoms with van der Waals surface area (Å²) in [4.78, 5) is -0.324. The number of halogens is 3. The van der Waals surface area contributed by atoms with Gasteiger partial charge in [0.15, 0.2) is 0 Å². The number of nitriles is 1. The lowest BCUT2D eigenvalue weighted by Gasteiger charge is -2.45. The van der Waals surface area contributed by atoms with Gasteiger partial charge in [0.25, 0.3) is 0 Å². The molecule has 0 amide bonds. The van der Waals surface area contributed by atoms with E-state index in [0.29, 0.717) is 6.07 Å². The van der Waals surface area contributed by atoms with E-state index in [1.165, 1.54) is 6.07 Å². The fourth-order valence-corrected chi connectivity index (χ4v) is 5.66. The van der Waals surface area contributed by atoms with E-state index in [0.717, 1.165) is 44.2 Å². The summed E-state index contributed by atoms with van der Waals surface area (Å²) < 4.78 is 66.8. The molecule has 2 fully saturated rings. The number of fused-ring (bicyclic) bond motifs is 2. The number of nitrogens with two attached hydrogens (primary N) is 1. The molecule has 2 aliphatic carbocycles. The summed E-state index contributed by atoms with van der Waals surface area (Å²) in [6.45, 7) is 0. The van der Waals surface area contributed by atoms with Crippen molar-refractivity contribution in [3.8, 4) is 6.07 Å². The molecule has 9 heteroatoms. The van der Waals surface area contributed by atoms with Crippen LogP contribution in [0.5, 0.6) is 0 Å². The lowest BCUT2D eigenvalue weighted by Crippen LogP contribution is -2.53. The van der Waals surface area contributed by atoms with Gasteiger partial charge in [-0.05, 0) is 55.7 Å². The lowest BCUT2D eigenvalue weighted by atomic mass is 9.67. The third-order valence-electron chi connectivity index (χ3n) is 5.39. The first kappa shape index (κ1) is 19.1. The average molecular weight is 387 g/mol. The van der Waals surface area contributed by atoms with Crippen molar-refractivity contribution in [3.05, 3.63) is 29.3 Å². The van der Waals surface area contributed by atoms with Gasteiger partial charge in [0.05, 0.1) is 22.1 Å². The zero-order valence-corrected chi connectivity index (χ0v) is 14.8. The van der Waals surface area contributed by atoms with Crippen LogP contribution in [0.1, 0.15) is 43.2 Å². The van der Waals surface area contributed by atoms with E-state index in [9.17, 15) is 21.6 Å². The molecule has 0 saturated heterocycles. The van der Waals surface area contributed by atoms with Gasteiger partial charge < -0.3 is 5.73 Å². The minimum absolute atomic E-state index is 0.0577. The molecule has 26 heavy (non-hydrogen) atoms.